The normalized spacial score (nSPS) is 15.4. The number of halogens is 1. The first-order chi connectivity index (χ1) is 14.1. The molecule has 0 unspecified atom stereocenters. The Bertz CT molecular complexity index is 1040. The summed E-state index contributed by atoms with van der Waals surface area (Å²) in [6.45, 7) is 0.298. The van der Waals surface area contributed by atoms with E-state index in [-0.39, 0.29) is 17.6 Å². The van der Waals surface area contributed by atoms with Gasteiger partial charge in [0.05, 0.1) is 12.0 Å². The summed E-state index contributed by atoms with van der Waals surface area (Å²) in [6.07, 6.45) is 0.345. The summed E-state index contributed by atoms with van der Waals surface area (Å²) in [4.78, 5) is 17.6. The maximum absolute atomic E-state index is 13.1. The molecule has 1 atom stereocenters. The molecular formula is C21H20FN3O3S. The molecule has 0 radical (unpaired) electrons. The number of thiazole rings is 1. The van der Waals surface area contributed by atoms with Crippen LogP contribution in [-0.4, -0.2) is 25.0 Å². The second-order valence-corrected chi connectivity index (χ2v) is 7.64. The van der Waals surface area contributed by atoms with Crippen LogP contribution in [0.2, 0.25) is 0 Å². The van der Waals surface area contributed by atoms with E-state index < -0.39 is 0 Å². The van der Waals surface area contributed by atoms with Crippen LogP contribution in [0.5, 0.6) is 11.5 Å². The van der Waals surface area contributed by atoms with Crippen molar-refractivity contribution in [2.24, 2.45) is 0 Å². The summed E-state index contributed by atoms with van der Waals surface area (Å²) in [6, 6.07) is 11.8. The lowest BCUT2D eigenvalue weighted by Gasteiger charge is -2.22. The van der Waals surface area contributed by atoms with E-state index in [1.807, 2.05) is 18.2 Å². The third kappa shape index (κ3) is 4.02. The minimum atomic E-state index is -0.281. The summed E-state index contributed by atoms with van der Waals surface area (Å²) in [7, 11) is 3.38. The second kappa shape index (κ2) is 8.08. The van der Waals surface area contributed by atoms with Gasteiger partial charge in [0.1, 0.15) is 18.2 Å². The molecule has 29 heavy (non-hydrogen) atoms. The van der Waals surface area contributed by atoms with Gasteiger partial charge in [-0.15, -0.1) is 0 Å². The first-order valence-corrected chi connectivity index (χ1v) is 9.92. The van der Waals surface area contributed by atoms with E-state index in [0.29, 0.717) is 30.3 Å². The Balaban J connectivity index is 1.59. The minimum Gasteiger partial charge on any atom is -0.493 e. The predicted octanol–water partition coefficient (Wildman–Crippen LogP) is 4.39. The van der Waals surface area contributed by atoms with Crippen LogP contribution in [0, 0.1) is 5.82 Å². The number of amides is 1. The maximum atomic E-state index is 13.1. The Morgan fingerprint density at radius 2 is 2.03 bits per heavy atom. The van der Waals surface area contributed by atoms with Crippen LogP contribution >= 0.6 is 11.3 Å². The molecule has 3 aromatic rings. The average molecular weight is 413 g/mol. The Hall–Kier alpha value is -3.13. The standard InChI is InChI=1S/C21H20FN3O3S/c1-23-21-25-20-19(29-21)15(10-18(26)24-20)13-5-8-16(17(9-13)27-2)28-11-12-3-6-14(22)7-4-12/h3-9,15H,10-11H2,1-2H3,(H,23,25)(H,24,26)/t15-/m1/s1. The van der Waals surface area contributed by atoms with Gasteiger partial charge in [-0.3, -0.25) is 4.79 Å². The number of aromatic nitrogens is 1. The van der Waals surface area contributed by atoms with E-state index in [4.69, 9.17) is 9.47 Å². The molecule has 1 aromatic heterocycles. The molecule has 0 aliphatic carbocycles. The Morgan fingerprint density at radius 1 is 1.24 bits per heavy atom. The van der Waals surface area contributed by atoms with Gasteiger partial charge in [0.15, 0.2) is 16.6 Å². The zero-order valence-electron chi connectivity index (χ0n) is 16.0. The van der Waals surface area contributed by atoms with Gasteiger partial charge in [-0.25, -0.2) is 9.37 Å². The molecule has 0 spiro atoms. The van der Waals surface area contributed by atoms with Gasteiger partial charge in [0.2, 0.25) is 5.91 Å². The number of nitrogens with zero attached hydrogens (tertiary/aromatic N) is 1. The third-order valence-corrected chi connectivity index (χ3v) is 5.92. The van der Waals surface area contributed by atoms with Crippen LogP contribution in [0.15, 0.2) is 42.5 Å². The van der Waals surface area contributed by atoms with Crippen LogP contribution in [0.4, 0.5) is 15.3 Å². The fourth-order valence-corrected chi connectivity index (χ4v) is 4.26. The molecule has 6 nitrogen and oxygen atoms in total. The third-order valence-electron chi connectivity index (χ3n) is 4.73. The molecule has 0 bridgehead atoms. The van der Waals surface area contributed by atoms with E-state index in [9.17, 15) is 9.18 Å². The number of benzene rings is 2. The predicted molar refractivity (Wildman–Crippen MR) is 110 cm³/mol. The number of ether oxygens (including phenoxy) is 2. The van der Waals surface area contributed by atoms with E-state index in [0.717, 1.165) is 21.1 Å². The highest BCUT2D eigenvalue weighted by Crippen LogP contribution is 2.44. The summed E-state index contributed by atoms with van der Waals surface area (Å²) in [5, 5.41) is 6.62. The smallest absolute Gasteiger partial charge is 0.226 e. The number of fused-ring (bicyclic) bond motifs is 1. The lowest BCUT2D eigenvalue weighted by molar-refractivity contribution is -0.116. The lowest BCUT2D eigenvalue weighted by atomic mass is 9.91. The number of carbonyl (C=O) groups is 1. The number of rotatable bonds is 6. The first kappa shape index (κ1) is 19.2. The van der Waals surface area contributed by atoms with Crippen molar-refractivity contribution < 1.29 is 18.7 Å². The number of hydrogen-bond acceptors (Lipinski definition) is 6. The van der Waals surface area contributed by atoms with Crippen molar-refractivity contribution in [1.29, 1.82) is 0 Å². The van der Waals surface area contributed by atoms with Gasteiger partial charge >= 0.3 is 0 Å². The highest BCUT2D eigenvalue weighted by Gasteiger charge is 2.30. The summed E-state index contributed by atoms with van der Waals surface area (Å²) < 4.78 is 24.4. The van der Waals surface area contributed by atoms with Crippen LogP contribution in [0.1, 0.15) is 28.3 Å². The molecule has 1 amide bonds. The molecule has 150 valence electrons. The average Bonchev–Trinajstić information content (AvgIpc) is 3.15. The molecule has 4 rings (SSSR count). The maximum Gasteiger partial charge on any atom is 0.226 e. The number of hydrogen-bond donors (Lipinski definition) is 2. The largest absolute Gasteiger partial charge is 0.493 e. The van der Waals surface area contributed by atoms with E-state index in [1.165, 1.54) is 23.5 Å². The zero-order valence-corrected chi connectivity index (χ0v) is 16.8. The highest BCUT2D eigenvalue weighted by molar-refractivity contribution is 7.16. The van der Waals surface area contributed by atoms with Crippen molar-refractivity contribution in [2.75, 3.05) is 24.8 Å². The lowest BCUT2D eigenvalue weighted by Crippen LogP contribution is -2.22. The van der Waals surface area contributed by atoms with Crippen molar-refractivity contribution in [3.05, 3.63) is 64.3 Å². The molecule has 0 saturated carbocycles. The molecule has 0 fully saturated rings. The SMILES string of the molecule is CNc1nc2c(s1)[C@@H](c1ccc(OCc3ccc(F)cc3)c(OC)c1)CC(=O)N2. The number of carbonyl (C=O) groups excluding carboxylic acids is 1. The summed E-state index contributed by atoms with van der Waals surface area (Å²) >= 11 is 1.53. The molecule has 8 heteroatoms. The molecule has 1 aliphatic heterocycles. The topological polar surface area (TPSA) is 72.5 Å². The van der Waals surface area contributed by atoms with Crippen LogP contribution in [0.25, 0.3) is 0 Å². The van der Waals surface area contributed by atoms with Crippen molar-refractivity contribution in [3.63, 3.8) is 0 Å². The monoisotopic (exact) mass is 413 g/mol. The highest BCUT2D eigenvalue weighted by atomic mass is 32.1. The number of nitrogens with one attached hydrogen (secondary N) is 2. The van der Waals surface area contributed by atoms with E-state index in [1.54, 1.807) is 26.3 Å². The Morgan fingerprint density at radius 3 is 2.76 bits per heavy atom. The van der Waals surface area contributed by atoms with Crippen LogP contribution in [-0.2, 0) is 11.4 Å². The number of anilines is 2. The van der Waals surface area contributed by atoms with Gasteiger partial charge in [-0.05, 0) is 35.4 Å². The Labute approximate surface area is 171 Å². The Kier molecular flexibility index (Phi) is 5.35. The van der Waals surface area contributed by atoms with E-state index in [2.05, 4.69) is 15.6 Å². The number of methoxy groups -OCH3 is 1. The van der Waals surface area contributed by atoms with Gasteiger partial charge in [-0.1, -0.05) is 29.5 Å². The molecule has 1 aliphatic rings. The van der Waals surface area contributed by atoms with Crippen LogP contribution < -0.4 is 20.1 Å². The summed E-state index contributed by atoms with van der Waals surface area (Å²) in [5.74, 6) is 1.33. The first-order valence-electron chi connectivity index (χ1n) is 9.11. The van der Waals surface area contributed by atoms with Gasteiger partial charge < -0.3 is 20.1 Å². The van der Waals surface area contributed by atoms with Gasteiger partial charge in [0.25, 0.3) is 0 Å². The van der Waals surface area contributed by atoms with E-state index >= 15 is 0 Å². The second-order valence-electron chi connectivity index (χ2n) is 6.61. The quantitative estimate of drug-likeness (QED) is 0.627. The molecule has 0 saturated heterocycles. The van der Waals surface area contributed by atoms with Gasteiger partial charge in [0, 0.05) is 19.4 Å². The van der Waals surface area contributed by atoms with Crippen LogP contribution in [0.3, 0.4) is 0 Å². The van der Waals surface area contributed by atoms with Crippen molar-refractivity contribution in [1.82, 2.24) is 4.98 Å². The molecule has 2 aromatic carbocycles. The molecule has 2 heterocycles. The fraction of sp³-hybridized carbons (Fsp3) is 0.238. The molecular weight excluding hydrogens is 393 g/mol. The van der Waals surface area contributed by atoms with Crippen molar-refractivity contribution >= 4 is 28.2 Å². The minimum absolute atomic E-state index is 0.0638. The van der Waals surface area contributed by atoms with Gasteiger partial charge in [-0.2, -0.15) is 0 Å². The van der Waals surface area contributed by atoms with Crippen molar-refractivity contribution in [2.45, 2.75) is 18.9 Å². The summed E-state index contributed by atoms with van der Waals surface area (Å²) in [5.41, 5.74) is 1.81. The van der Waals surface area contributed by atoms with Crippen molar-refractivity contribution in [3.8, 4) is 11.5 Å². The zero-order chi connectivity index (χ0) is 20.4. The fourth-order valence-electron chi connectivity index (χ4n) is 3.26. The molecule has 2 N–H and O–H groups in total.